The molecule has 0 spiro atoms. The minimum Gasteiger partial charge on any atom is -0.480 e. The Kier molecular flexibility index (Phi) is 6.47. The van der Waals surface area contributed by atoms with E-state index >= 15 is 0 Å². The zero-order valence-corrected chi connectivity index (χ0v) is 8.62. The molecule has 0 aliphatic heterocycles. The Morgan fingerprint density at radius 1 is 1.60 bits per heavy atom. The van der Waals surface area contributed by atoms with Crippen LogP contribution in [0.25, 0.3) is 0 Å². The molecule has 2 amide bonds. The first-order valence-corrected chi connectivity index (χ1v) is 4.37. The Morgan fingerprint density at radius 2 is 2.27 bits per heavy atom. The van der Waals surface area contributed by atoms with Crippen LogP contribution in [0, 0.1) is 11.8 Å². The van der Waals surface area contributed by atoms with Crippen molar-refractivity contribution in [3.8, 4) is 11.8 Å². The summed E-state index contributed by atoms with van der Waals surface area (Å²) in [7, 11) is 0. The van der Waals surface area contributed by atoms with Crippen molar-refractivity contribution in [2.75, 3.05) is 19.6 Å². The Labute approximate surface area is 88.8 Å². The number of rotatable bonds is 5. The normalized spacial score (nSPS) is 8.33. The van der Waals surface area contributed by atoms with Gasteiger partial charge in [0.25, 0.3) is 0 Å². The second kappa shape index (κ2) is 7.44. The largest absolute Gasteiger partial charge is 0.480 e. The van der Waals surface area contributed by atoms with Gasteiger partial charge in [0.05, 0.1) is 6.54 Å². The summed E-state index contributed by atoms with van der Waals surface area (Å²) in [6, 6.07) is -0.458. The SMILES string of the molecule is C=CCN(CC(=O)O)C(=O)NCC#CC. The van der Waals surface area contributed by atoms with Gasteiger partial charge in [-0.05, 0) is 6.92 Å². The lowest BCUT2D eigenvalue weighted by Gasteiger charge is -2.18. The summed E-state index contributed by atoms with van der Waals surface area (Å²) in [5.41, 5.74) is 0. The molecule has 0 heterocycles. The fourth-order valence-electron chi connectivity index (χ4n) is 0.858. The highest BCUT2D eigenvalue weighted by Crippen LogP contribution is 1.89. The molecule has 2 N–H and O–H groups in total. The molecular formula is C10H14N2O3. The highest BCUT2D eigenvalue weighted by molar-refractivity contribution is 5.80. The van der Waals surface area contributed by atoms with Gasteiger partial charge in [-0.3, -0.25) is 4.79 Å². The van der Waals surface area contributed by atoms with Gasteiger partial charge in [-0.1, -0.05) is 12.0 Å². The lowest BCUT2D eigenvalue weighted by molar-refractivity contribution is -0.137. The summed E-state index contributed by atoms with van der Waals surface area (Å²) in [4.78, 5) is 22.9. The molecule has 0 aromatic rings. The van der Waals surface area contributed by atoms with E-state index < -0.39 is 12.0 Å². The Balaban J connectivity index is 4.19. The second-order valence-electron chi connectivity index (χ2n) is 2.65. The first-order valence-electron chi connectivity index (χ1n) is 4.37. The summed E-state index contributed by atoms with van der Waals surface area (Å²) in [6.45, 7) is 5.15. The van der Waals surface area contributed by atoms with Crippen LogP contribution >= 0.6 is 0 Å². The van der Waals surface area contributed by atoms with Crippen molar-refractivity contribution < 1.29 is 14.7 Å². The van der Waals surface area contributed by atoms with E-state index in [9.17, 15) is 9.59 Å². The van der Waals surface area contributed by atoms with Crippen LogP contribution in [0.4, 0.5) is 4.79 Å². The number of carbonyl (C=O) groups is 2. The molecule has 0 rings (SSSR count). The first-order chi connectivity index (χ1) is 7.11. The third kappa shape index (κ3) is 6.16. The number of nitrogens with one attached hydrogen (secondary N) is 1. The number of hydrogen-bond donors (Lipinski definition) is 2. The number of amides is 2. The number of hydrogen-bond acceptors (Lipinski definition) is 2. The minimum atomic E-state index is -1.06. The van der Waals surface area contributed by atoms with Crippen molar-refractivity contribution in [1.82, 2.24) is 10.2 Å². The fourth-order valence-corrected chi connectivity index (χ4v) is 0.858. The molecule has 0 unspecified atom stereocenters. The van der Waals surface area contributed by atoms with Crippen molar-refractivity contribution >= 4 is 12.0 Å². The average Bonchev–Trinajstić information content (AvgIpc) is 2.17. The number of nitrogens with zero attached hydrogens (tertiary/aromatic N) is 1. The number of carbonyl (C=O) groups excluding carboxylic acids is 1. The molecule has 82 valence electrons. The monoisotopic (exact) mass is 210 g/mol. The molecule has 5 heteroatoms. The lowest BCUT2D eigenvalue weighted by Crippen LogP contribution is -2.42. The van der Waals surface area contributed by atoms with Gasteiger partial charge in [0, 0.05) is 6.54 Å². The van der Waals surface area contributed by atoms with E-state index in [0.29, 0.717) is 0 Å². The van der Waals surface area contributed by atoms with Gasteiger partial charge in [0.2, 0.25) is 0 Å². The lowest BCUT2D eigenvalue weighted by atomic mass is 10.4. The predicted octanol–water partition coefficient (Wildman–Crippen LogP) is 0.292. The molecule has 0 atom stereocenters. The van der Waals surface area contributed by atoms with Gasteiger partial charge < -0.3 is 15.3 Å². The molecule has 0 radical (unpaired) electrons. The van der Waals surface area contributed by atoms with Gasteiger partial charge in [-0.25, -0.2) is 4.79 Å². The fraction of sp³-hybridized carbons (Fsp3) is 0.400. The maximum absolute atomic E-state index is 11.4. The third-order valence-corrected chi connectivity index (χ3v) is 1.47. The van der Waals surface area contributed by atoms with Crippen molar-refractivity contribution in [3.63, 3.8) is 0 Å². The molecule has 0 aromatic carbocycles. The van der Waals surface area contributed by atoms with E-state index in [1.54, 1.807) is 6.92 Å². The Bertz CT molecular complexity index is 302. The topological polar surface area (TPSA) is 69.6 Å². The smallest absolute Gasteiger partial charge is 0.323 e. The molecule has 0 saturated carbocycles. The highest BCUT2D eigenvalue weighted by Gasteiger charge is 2.13. The second-order valence-corrected chi connectivity index (χ2v) is 2.65. The number of aliphatic carboxylic acids is 1. The van der Waals surface area contributed by atoms with E-state index in [2.05, 4.69) is 23.7 Å². The van der Waals surface area contributed by atoms with Gasteiger partial charge in [0.1, 0.15) is 6.54 Å². The number of urea groups is 1. The van der Waals surface area contributed by atoms with Gasteiger partial charge in [0.15, 0.2) is 0 Å². The first kappa shape index (κ1) is 13.0. The number of carboxylic acids is 1. The molecule has 0 saturated heterocycles. The summed E-state index contributed by atoms with van der Waals surface area (Å²) in [5, 5.41) is 11.0. The van der Waals surface area contributed by atoms with Crippen molar-refractivity contribution in [2.45, 2.75) is 6.92 Å². The standard InChI is InChI=1S/C10H14N2O3/c1-3-5-6-11-10(15)12(7-4-2)8-9(13)14/h4H,2,6-8H2,1H3,(H,11,15)(H,13,14). The van der Waals surface area contributed by atoms with Crippen LogP contribution in [0.15, 0.2) is 12.7 Å². The Hall–Kier alpha value is -1.96. The van der Waals surface area contributed by atoms with Crippen LogP contribution in [0.5, 0.6) is 0 Å². The minimum absolute atomic E-state index is 0.192. The molecule has 15 heavy (non-hydrogen) atoms. The van der Waals surface area contributed by atoms with Crippen LogP contribution in [0.2, 0.25) is 0 Å². The summed E-state index contributed by atoms with van der Waals surface area (Å²) in [5.74, 6) is 4.20. The molecule has 0 bridgehead atoms. The molecule has 0 aliphatic carbocycles. The van der Waals surface area contributed by atoms with Crippen LogP contribution in [-0.4, -0.2) is 41.6 Å². The van der Waals surface area contributed by atoms with Crippen LogP contribution < -0.4 is 5.32 Å². The van der Waals surface area contributed by atoms with Crippen molar-refractivity contribution in [1.29, 1.82) is 0 Å². The van der Waals surface area contributed by atoms with E-state index in [0.717, 1.165) is 4.90 Å². The van der Waals surface area contributed by atoms with Crippen LogP contribution in [0.1, 0.15) is 6.92 Å². The van der Waals surface area contributed by atoms with Crippen LogP contribution in [0.3, 0.4) is 0 Å². The molecule has 0 fully saturated rings. The van der Waals surface area contributed by atoms with Gasteiger partial charge >= 0.3 is 12.0 Å². The maximum Gasteiger partial charge on any atom is 0.323 e. The Morgan fingerprint density at radius 3 is 2.73 bits per heavy atom. The van der Waals surface area contributed by atoms with Gasteiger partial charge in [-0.2, -0.15) is 0 Å². The quantitative estimate of drug-likeness (QED) is 0.506. The van der Waals surface area contributed by atoms with Crippen molar-refractivity contribution in [3.05, 3.63) is 12.7 Å². The number of carboxylic acid groups (broad SMARTS) is 1. The highest BCUT2D eigenvalue weighted by atomic mass is 16.4. The zero-order valence-electron chi connectivity index (χ0n) is 8.62. The zero-order chi connectivity index (χ0) is 11.7. The van der Waals surface area contributed by atoms with E-state index in [1.165, 1.54) is 6.08 Å². The summed E-state index contributed by atoms with van der Waals surface area (Å²) >= 11 is 0. The maximum atomic E-state index is 11.4. The predicted molar refractivity (Wildman–Crippen MR) is 56.3 cm³/mol. The summed E-state index contributed by atoms with van der Waals surface area (Å²) in [6.07, 6.45) is 1.47. The van der Waals surface area contributed by atoms with E-state index in [4.69, 9.17) is 5.11 Å². The van der Waals surface area contributed by atoms with E-state index in [-0.39, 0.29) is 19.6 Å². The van der Waals surface area contributed by atoms with E-state index in [1.807, 2.05) is 0 Å². The molecule has 0 aliphatic rings. The van der Waals surface area contributed by atoms with Crippen molar-refractivity contribution in [2.24, 2.45) is 0 Å². The van der Waals surface area contributed by atoms with Crippen LogP contribution in [-0.2, 0) is 4.79 Å². The molecule has 5 nitrogen and oxygen atoms in total. The molecular weight excluding hydrogens is 196 g/mol. The molecule has 0 aromatic heterocycles. The third-order valence-electron chi connectivity index (χ3n) is 1.47. The average molecular weight is 210 g/mol. The summed E-state index contributed by atoms with van der Waals surface area (Å²) < 4.78 is 0. The van der Waals surface area contributed by atoms with Gasteiger partial charge in [-0.15, -0.1) is 12.5 Å².